The van der Waals surface area contributed by atoms with Gasteiger partial charge in [-0.15, -0.1) is 0 Å². The fourth-order valence-electron chi connectivity index (χ4n) is 1.46. The third kappa shape index (κ3) is 3.14. The molecule has 0 aliphatic heterocycles. The number of nitrogens with zero attached hydrogens (tertiary/aromatic N) is 1. The number of rotatable bonds is 3. The summed E-state index contributed by atoms with van der Waals surface area (Å²) < 4.78 is 0.733. The van der Waals surface area contributed by atoms with Gasteiger partial charge in [-0.2, -0.15) is 0 Å². The number of Topliss-reactive ketones (excluding diaryl/α,β-unsaturated/α-hetero) is 1. The van der Waals surface area contributed by atoms with E-state index in [1.54, 1.807) is 30.6 Å². The Labute approximate surface area is 113 Å². The topological polar surface area (TPSA) is 30.0 Å². The molecule has 0 amide bonds. The Bertz CT molecular complexity index is 542. The van der Waals surface area contributed by atoms with Gasteiger partial charge in [-0.05, 0) is 45.8 Å². The number of hydrogen-bond acceptors (Lipinski definition) is 2. The van der Waals surface area contributed by atoms with Crippen LogP contribution in [0.4, 0.5) is 0 Å². The largest absolute Gasteiger partial charge is 0.294 e. The molecule has 4 heteroatoms. The highest BCUT2D eigenvalue weighted by atomic mass is 79.9. The highest BCUT2D eigenvalue weighted by molar-refractivity contribution is 9.10. The number of aromatic nitrogens is 1. The van der Waals surface area contributed by atoms with Gasteiger partial charge in [0.2, 0.25) is 0 Å². The van der Waals surface area contributed by atoms with Crippen LogP contribution in [0.1, 0.15) is 15.9 Å². The zero-order valence-electron chi connectivity index (χ0n) is 8.86. The minimum Gasteiger partial charge on any atom is -0.294 e. The van der Waals surface area contributed by atoms with Gasteiger partial charge in [0.05, 0.1) is 5.02 Å². The van der Waals surface area contributed by atoms with Gasteiger partial charge in [0.1, 0.15) is 0 Å². The molecule has 0 spiro atoms. The van der Waals surface area contributed by atoms with Crippen LogP contribution in [0.5, 0.6) is 0 Å². The molecular formula is C13H9BrClNO. The van der Waals surface area contributed by atoms with Crippen LogP contribution in [0, 0.1) is 0 Å². The lowest BCUT2D eigenvalue weighted by atomic mass is 10.0. The lowest BCUT2D eigenvalue weighted by molar-refractivity contribution is 0.0993. The van der Waals surface area contributed by atoms with Crippen molar-refractivity contribution in [1.29, 1.82) is 0 Å². The van der Waals surface area contributed by atoms with Crippen molar-refractivity contribution in [2.24, 2.45) is 0 Å². The zero-order valence-corrected chi connectivity index (χ0v) is 11.2. The van der Waals surface area contributed by atoms with Crippen LogP contribution >= 0.6 is 27.5 Å². The van der Waals surface area contributed by atoms with E-state index in [0.717, 1.165) is 10.0 Å². The summed E-state index contributed by atoms with van der Waals surface area (Å²) in [5, 5.41) is 0.600. The van der Waals surface area contributed by atoms with E-state index >= 15 is 0 Å². The summed E-state index contributed by atoms with van der Waals surface area (Å²) in [6, 6.07) is 8.88. The Balaban J connectivity index is 2.18. The Morgan fingerprint density at radius 3 is 2.82 bits per heavy atom. The molecule has 2 nitrogen and oxygen atoms in total. The van der Waals surface area contributed by atoms with Crippen molar-refractivity contribution < 1.29 is 4.79 Å². The monoisotopic (exact) mass is 309 g/mol. The third-order valence-corrected chi connectivity index (χ3v) is 3.54. The van der Waals surface area contributed by atoms with Crippen molar-refractivity contribution >= 4 is 33.3 Å². The van der Waals surface area contributed by atoms with Crippen molar-refractivity contribution in [2.75, 3.05) is 0 Å². The molecule has 2 rings (SSSR count). The average molecular weight is 311 g/mol. The van der Waals surface area contributed by atoms with E-state index in [1.807, 2.05) is 12.1 Å². The molecule has 1 heterocycles. The van der Waals surface area contributed by atoms with E-state index in [-0.39, 0.29) is 5.78 Å². The number of halogens is 2. The number of benzene rings is 1. The summed E-state index contributed by atoms with van der Waals surface area (Å²) in [6.07, 6.45) is 3.73. The molecule has 0 saturated carbocycles. The van der Waals surface area contributed by atoms with E-state index in [9.17, 15) is 4.79 Å². The standard InChI is InChI=1S/C13H9BrClNO/c14-11-7-10(3-4-12(11)15)13(17)6-9-2-1-5-16-8-9/h1-5,7-8H,6H2. The Morgan fingerprint density at radius 2 is 2.18 bits per heavy atom. The lowest BCUT2D eigenvalue weighted by Gasteiger charge is -2.03. The van der Waals surface area contributed by atoms with Gasteiger partial charge >= 0.3 is 0 Å². The van der Waals surface area contributed by atoms with Crippen molar-refractivity contribution in [3.8, 4) is 0 Å². The fourth-order valence-corrected chi connectivity index (χ4v) is 1.96. The fraction of sp³-hybridized carbons (Fsp3) is 0.0769. The van der Waals surface area contributed by atoms with Crippen LogP contribution in [-0.4, -0.2) is 10.8 Å². The second kappa shape index (κ2) is 5.43. The van der Waals surface area contributed by atoms with Crippen LogP contribution in [0.3, 0.4) is 0 Å². The third-order valence-electron chi connectivity index (χ3n) is 2.33. The number of ketones is 1. The highest BCUT2D eigenvalue weighted by Gasteiger charge is 2.08. The van der Waals surface area contributed by atoms with Gasteiger partial charge in [-0.1, -0.05) is 17.7 Å². The van der Waals surface area contributed by atoms with Crippen molar-refractivity contribution in [1.82, 2.24) is 4.98 Å². The summed E-state index contributed by atoms with van der Waals surface area (Å²) in [5.41, 5.74) is 1.55. The SMILES string of the molecule is O=C(Cc1cccnc1)c1ccc(Cl)c(Br)c1. The summed E-state index contributed by atoms with van der Waals surface area (Å²) in [6.45, 7) is 0. The highest BCUT2D eigenvalue weighted by Crippen LogP contribution is 2.23. The minimum absolute atomic E-state index is 0.0513. The van der Waals surface area contributed by atoms with Crippen LogP contribution in [0.15, 0.2) is 47.2 Å². The van der Waals surface area contributed by atoms with Crippen LogP contribution in [0.2, 0.25) is 5.02 Å². The quantitative estimate of drug-likeness (QED) is 0.804. The molecule has 0 radical (unpaired) electrons. The lowest BCUT2D eigenvalue weighted by Crippen LogP contribution is -2.03. The summed E-state index contributed by atoms with van der Waals surface area (Å²) >= 11 is 9.18. The number of hydrogen-bond donors (Lipinski definition) is 0. The molecule has 0 saturated heterocycles. The number of pyridine rings is 1. The maximum absolute atomic E-state index is 12.0. The normalized spacial score (nSPS) is 10.2. The molecule has 0 N–H and O–H groups in total. The van der Waals surface area contributed by atoms with Gasteiger partial charge in [-0.25, -0.2) is 0 Å². The molecule has 86 valence electrons. The van der Waals surface area contributed by atoms with Crippen molar-refractivity contribution in [3.05, 3.63) is 63.3 Å². The molecule has 0 aliphatic carbocycles. The van der Waals surface area contributed by atoms with Crippen molar-refractivity contribution in [2.45, 2.75) is 6.42 Å². The Hall–Kier alpha value is -1.19. The second-order valence-electron chi connectivity index (χ2n) is 3.59. The van der Waals surface area contributed by atoms with Gasteiger partial charge in [0, 0.05) is 28.9 Å². The maximum atomic E-state index is 12.0. The van der Waals surface area contributed by atoms with Gasteiger partial charge in [-0.3, -0.25) is 9.78 Å². The maximum Gasteiger partial charge on any atom is 0.167 e. The van der Waals surface area contributed by atoms with Crippen molar-refractivity contribution in [3.63, 3.8) is 0 Å². The van der Waals surface area contributed by atoms with Crippen LogP contribution < -0.4 is 0 Å². The first-order valence-electron chi connectivity index (χ1n) is 5.04. The first-order valence-corrected chi connectivity index (χ1v) is 6.21. The molecule has 2 aromatic rings. The zero-order chi connectivity index (χ0) is 12.3. The van der Waals surface area contributed by atoms with Gasteiger partial charge in [0.25, 0.3) is 0 Å². The predicted molar refractivity (Wildman–Crippen MR) is 71.4 cm³/mol. The molecule has 0 unspecified atom stereocenters. The van der Waals surface area contributed by atoms with E-state index in [0.29, 0.717) is 17.0 Å². The van der Waals surface area contributed by atoms with Gasteiger partial charge < -0.3 is 0 Å². The molecule has 0 aliphatic rings. The Kier molecular flexibility index (Phi) is 3.92. The van der Waals surface area contributed by atoms with E-state index in [1.165, 1.54) is 0 Å². The number of carbonyl (C=O) groups is 1. The van der Waals surface area contributed by atoms with E-state index < -0.39 is 0 Å². The van der Waals surface area contributed by atoms with Crippen LogP contribution in [-0.2, 0) is 6.42 Å². The summed E-state index contributed by atoms with van der Waals surface area (Å²) in [7, 11) is 0. The molecule has 0 bridgehead atoms. The average Bonchev–Trinajstić information content (AvgIpc) is 2.34. The summed E-state index contributed by atoms with van der Waals surface area (Å²) in [4.78, 5) is 16.0. The first-order chi connectivity index (χ1) is 8.16. The smallest absolute Gasteiger partial charge is 0.167 e. The summed E-state index contributed by atoms with van der Waals surface area (Å²) in [5.74, 6) is 0.0513. The van der Waals surface area contributed by atoms with E-state index in [4.69, 9.17) is 11.6 Å². The molecule has 17 heavy (non-hydrogen) atoms. The predicted octanol–water partition coefficient (Wildman–Crippen LogP) is 3.92. The molecule has 1 aromatic carbocycles. The van der Waals surface area contributed by atoms with E-state index in [2.05, 4.69) is 20.9 Å². The van der Waals surface area contributed by atoms with Crippen LogP contribution in [0.25, 0.3) is 0 Å². The molecular weight excluding hydrogens is 302 g/mol. The van der Waals surface area contributed by atoms with Gasteiger partial charge in [0.15, 0.2) is 5.78 Å². The number of carbonyl (C=O) groups excluding carboxylic acids is 1. The second-order valence-corrected chi connectivity index (χ2v) is 4.85. The molecule has 1 aromatic heterocycles. The minimum atomic E-state index is 0.0513. The first kappa shape index (κ1) is 12.3. The molecule has 0 fully saturated rings. The Morgan fingerprint density at radius 1 is 1.35 bits per heavy atom. The molecule has 0 atom stereocenters.